The second kappa shape index (κ2) is 7.54. The van der Waals surface area contributed by atoms with Gasteiger partial charge in [-0.25, -0.2) is 0 Å². The Morgan fingerprint density at radius 2 is 1.57 bits per heavy atom. The van der Waals surface area contributed by atoms with Gasteiger partial charge in [-0.1, -0.05) is 51.1 Å². The smallest absolute Gasteiger partial charge is 0.154 e. The molecule has 0 spiro atoms. The zero-order valence-electron chi connectivity index (χ0n) is 9.14. The molecule has 0 amide bonds. The molecule has 0 aliphatic rings. The van der Waals surface area contributed by atoms with Gasteiger partial charge in [-0.2, -0.15) is 0 Å². The lowest BCUT2D eigenvalue weighted by atomic mass is 10.0. The molecule has 0 radical (unpaired) electrons. The van der Waals surface area contributed by atoms with E-state index in [0.717, 1.165) is 5.56 Å². The molecule has 0 aliphatic carbocycles. The molecular formula is C12H20O2. The van der Waals surface area contributed by atoms with Crippen LogP contribution in [0.4, 0.5) is 0 Å². The van der Waals surface area contributed by atoms with E-state index >= 15 is 0 Å². The molecule has 1 unspecified atom stereocenters. The first-order valence-corrected chi connectivity index (χ1v) is 5.10. The summed E-state index contributed by atoms with van der Waals surface area (Å²) in [6.45, 7) is 5.82. The van der Waals surface area contributed by atoms with Gasteiger partial charge in [0.15, 0.2) is 6.29 Å². The van der Waals surface area contributed by atoms with Gasteiger partial charge < -0.3 is 10.2 Å². The molecule has 0 heterocycles. The SMILES string of the molecule is CC.CC(Cc1ccccc1)C(O)O. The van der Waals surface area contributed by atoms with Crippen LogP contribution in [0.3, 0.4) is 0 Å². The molecule has 0 aliphatic heterocycles. The third-order valence-electron chi connectivity index (χ3n) is 1.91. The van der Waals surface area contributed by atoms with Crippen LogP contribution in [0.5, 0.6) is 0 Å². The fraction of sp³-hybridized carbons (Fsp3) is 0.500. The van der Waals surface area contributed by atoms with Crippen molar-refractivity contribution in [3.8, 4) is 0 Å². The van der Waals surface area contributed by atoms with E-state index in [1.54, 1.807) is 0 Å². The first-order valence-electron chi connectivity index (χ1n) is 5.10. The maximum atomic E-state index is 8.84. The fourth-order valence-corrected chi connectivity index (χ4v) is 1.09. The lowest BCUT2D eigenvalue weighted by Crippen LogP contribution is -2.18. The summed E-state index contributed by atoms with van der Waals surface area (Å²) in [5.74, 6) is -0.104. The zero-order valence-corrected chi connectivity index (χ0v) is 9.14. The van der Waals surface area contributed by atoms with E-state index in [4.69, 9.17) is 10.2 Å². The number of hydrogen-bond acceptors (Lipinski definition) is 2. The van der Waals surface area contributed by atoms with Gasteiger partial charge >= 0.3 is 0 Å². The summed E-state index contributed by atoms with van der Waals surface area (Å²) in [5, 5.41) is 17.7. The van der Waals surface area contributed by atoms with Crippen LogP contribution in [0.25, 0.3) is 0 Å². The van der Waals surface area contributed by atoms with Crippen LogP contribution < -0.4 is 0 Å². The summed E-state index contributed by atoms with van der Waals surface area (Å²) in [5.41, 5.74) is 1.14. The largest absolute Gasteiger partial charge is 0.368 e. The van der Waals surface area contributed by atoms with Gasteiger partial charge in [0.2, 0.25) is 0 Å². The molecule has 0 saturated carbocycles. The van der Waals surface area contributed by atoms with Crippen molar-refractivity contribution >= 4 is 0 Å². The number of aliphatic hydroxyl groups excluding tert-OH is 1. The average Bonchev–Trinajstić information content (AvgIpc) is 2.22. The Hall–Kier alpha value is -0.860. The van der Waals surface area contributed by atoms with E-state index in [2.05, 4.69) is 0 Å². The van der Waals surface area contributed by atoms with Crippen LogP contribution in [-0.2, 0) is 6.42 Å². The molecule has 2 N–H and O–H groups in total. The number of aliphatic hydroxyl groups is 2. The number of hydrogen-bond donors (Lipinski definition) is 2. The lowest BCUT2D eigenvalue weighted by Gasteiger charge is -2.12. The van der Waals surface area contributed by atoms with Crippen LogP contribution >= 0.6 is 0 Å². The van der Waals surface area contributed by atoms with Crippen molar-refractivity contribution in [2.45, 2.75) is 33.5 Å². The molecule has 1 atom stereocenters. The minimum absolute atomic E-state index is 0.104. The van der Waals surface area contributed by atoms with Crippen molar-refractivity contribution in [1.29, 1.82) is 0 Å². The molecule has 1 aromatic carbocycles. The first-order chi connectivity index (χ1) is 6.70. The molecule has 1 aromatic rings. The highest BCUT2D eigenvalue weighted by Crippen LogP contribution is 2.09. The van der Waals surface area contributed by atoms with E-state index in [1.807, 2.05) is 51.1 Å². The Bertz CT molecular complexity index is 219. The van der Waals surface area contributed by atoms with Crippen molar-refractivity contribution in [3.05, 3.63) is 35.9 Å². The van der Waals surface area contributed by atoms with Crippen molar-refractivity contribution in [1.82, 2.24) is 0 Å². The number of rotatable bonds is 3. The van der Waals surface area contributed by atoms with Crippen LogP contribution in [-0.4, -0.2) is 16.5 Å². The van der Waals surface area contributed by atoms with Gasteiger partial charge in [-0.05, 0) is 12.0 Å². The monoisotopic (exact) mass is 196 g/mol. The topological polar surface area (TPSA) is 40.5 Å². The fourth-order valence-electron chi connectivity index (χ4n) is 1.09. The molecule has 0 saturated heterocycles. The Labute approximate surface area is 86.2 Å². The normalized spacial score (nSPS) is 11.9. The Kier molecular flexibility index (Phi) is 7.07. The molecule has 2 heteroatoms. The highest BCUT2D eigenvalue weighted by molar-refractivity contribution is 5.15. The van der Waals surface area contributed by atoms with E-state index in [9.17, 15) is 0 Å². The molecule has 14 heavy (non-hydrogen) atoms. The minimum Gasteiger partial charge on any atom is -0.368 e. The Morgan fingerprint density at radius 1 is 1.07 bits per heavy atom. The van der Waals surface area contributed by atoms with Crippen molar-refractivity contribution < 1.29 is 10.2 Å². The van der Waals surface area contributed by atoms with Crippen molar-refractivity contribution in [3.63, 3.8) is 0 Å². The Balaban J connectivity index is 0.000000791. The first kappa shape index (κ1) is 13.1. The second-order valence-corrected chi connectivity index (χ2v) is 3.08. The van der Waals surface area contributed by atoms with E-state index in [1.165, 1.54) is 0 Å². The van der Waals surface area contributed by atoms with E-state index < -0.39 is 6.29 Å². The maximum absolute atomic E-state index is 8.84. The van der Waals surface area contributed by atoms with Gasteiger partial charge in [0.1, 0.15) is 0 Å². The molecule has 0 aromatic heterocycles. The molecule has 0 bridgehead atoms. The van der Waals surface area contributed by atoms with Gasteiger partial charge in [0.05, 0.1) is 0 Å². The van der Waals surface area contributed by atoms with Crippen LogP contribution in [0.15, 0.2) is 30.3 Å². The van der Waals surface area contributed by atoms with Crippen LogP contribution in [0.1, 0.15) is 26.3 Å². The second-order valence-electron chi connectivity index (χ2n) is 3.08. The minimum atomic E-state index is -1.22. The summed E-state index contributed by atoms with van der Waals surface area (Å²) >= 11 is 0. The molecule has 80 valence electrons. The standard InChI is InChI=1S/C10H14O2.C2H6/c1-8(10(11)12)7-9-5-3-2-4-6-9;1-2/h2-6,8,10-12H,7H2,1H3;1-2H3. The highest BCUT2D eigenvalue weighted by Gasteiger charge is 2.10. The van der Waals surface area contributed by atoms with E-state index in [-0.39, 0.29) is 5.92 Å². The average molecular weight is 196 g/mol. The van der Waals surface area contributed by atoms with Crippen LogP contribution in [0.2, 0.25) is 0 Å². The maximum Gasteiger partial charge on any atom is 0.154 e. The van der Waals surface area contributed by atoms with Crippen molar-refractivity contribution in [2.24, 2.45) is 5.92 Å². The highest BCUT2D eigenvalue weighted by atomic mass is 16.5. The van der Waals surface area contributed by atoms with Crippen molar-refractivity contribution in [2.75, 3.05) is 0 Å². The van der Waals surface area contributed by atoms with Gasteiger partial charge in [-0.15, -0.1) is 0 Å². The summed E-state index contributed by atoms with van der Waals surface area (Å²) in [6.07, 6.45) is -0.511. The predicted molar refractivity (Wildman–Crippen MR) is 58.9 cm³/mol. The predicted octanol–water partition coefficient (Wildman–Crippen LogP) is 2.20. The van der Waals surface area contributed by atoms with Crippen LogP contribution in [0, 0.1) is 5.92 Å². The van der Waals surface area contributed by atoms with Gasteiger partial charge in [0.25, 0.3) is 0 Å². The quantitative estimate of drug-likeness (QED) is 0.728. The van der Waals surface area contributed by atoms with E-state index in [0.29, 0.717) is 6.42 Å². The van der Waals surface area contributed by atoms with Gasteiger partial charge in [0, 0.05) is 5.92 Å². The zero-order chi connectivity index (χ0) is 11.0. The molecule has 0 fully saturated rings. The third kappa shape index (κ3) is 5.00. The summed E-state index contributed by atoms with van der Waals surface area (Å²) in [7, 11) is 0. The molecule has 1 rings (SSSR count). The number of benzene rings is 1. The van der Waals surface area contributed by atoms with Gasteiger partial charge in [-0.3, -0.25) is 0 Å². The Morgan fingerprint density at radius 3 is 2.00 bits per heavy atom. The third-order valence-corrected chi connectivity index (χ3v) is 1.91. The summed E-state index contributed by atoms with van der Waals surface area (Å²) < 4.78 is 0. The summed E-state index contributed by atoms with van der Waals surface area (Å²) in [4.78, 5) is 0. The molecular weight excluding hydrogens is 176 g/mol. The molecule has 2 nitrogen and oxygen atoms in total. The lowest BCUT2D eigenvalue weighted by molar-refractivity contribution is -0.0780. The summed E-state index contributed by atoms with van der Waals surface area (Å²) in [6, 6.07) is 9.82.